The normalized spacial score (nSPS) is 10.4. The van der Waals surface area contributed by atoms with Gasteiger partial charge in [0.15, 0.2) is 24.8 Å². The van der Waals surface area contributed by atoms with Gasteiger partial charge in [-0.2, -0.15) is 0 Å². The van der Waals surface area contributed by atoms with E-state index in [2.05, 4.69) is 53.4 Å². The molecule has 0 saturated heterocycles. The van der Waals surface area contributed by atoms with Gasteiger partial charge in [0.1, 0.15) is 11.5 Å². The molecular formula is C31H28IN3O2. The predicted octanol–water partition coefficient (Wildman–Crippen LogP) is 3.03. The zero-order valence-corrected chi connectivity index (χ0v) is 23.0. The van der Waals surface area contributed by atoms with Gasteiger partial charge in [0.05, 0.1) is 19.9 Å². The first-order chi connectivity index (χ1) is 17.7. The van der Waals surface area contributed by atoms with Crippen LogP contribution in [-0.4, -0.2) is 24.2 Å². The minimum absolute atomic E-state index is 0. The smallest absolute Gasteiger partial charge is 0.169 e. The van der Waals surface area contributed by atoms with Crippen molar-refractivity contribution >= 4 is 0 Å². The van der Waals surface area contributed by atoms with Gasteiger partial charge in [0.25, 0.3) is 0 Å². The van der Waals surface area contributed by atoms with Crippen molar-refractivity contribution in [3.63, 3.8) is 0 Å². The Morgan fingerprint density at radius 2 is 1.27 bits per heavy atom. The topological polar surface area (TPSA) is 48.1 Å². The molecule has 0 aliphatic carbocycles. The summed E-state index contributed by atoms with van der Waals surface area (Å²) < 4.78 is 12.9. The molecule has 0 aliphatic rings. The lowest BCUT2D eigenvalue weighted by atomic mass is 10.00. The van der Waals surface area contributed by atoms with E-state index in [0.29, 0.717) is 5.82 Å². The highest BCUT2D eigenvalue weighted by atomic mass is 127. The zero-order valence-electron chi connectivity index (χ0n) is 20.8. The summed E-state index contributed by atoms with van der Waals surface area (Å²) in [4.78, 5) is 9.75. The molecule has 186 valence electrons. The van der Waals surface area contributed by atoms with E-state index in [1.54, 1.807) is 14.2 Å². The van der Waals surface area contributed by atoms with Crippen LogP contribution in [0.5, 0.6) is 11.5 Å². The molecule has 0 bridgehead atoms. The molecule has 0 aliphatic heterocycles. The molecule has 0 atom stereocenters. The van der Waals surface area contributed by atoms with Crippen LogP contribution in [0.2, 0.25) is 0 Å². The number of halogens is 1. The SMILES string of the molecule is COc1ccc(-c2cnc(-c3cc[n+](CCc4ccccc4)cc3)nc2-c2ccc(OC)cc2)cc1.[I-]. The number of hydrogen-bond donors (Lipinski definition) is 0. The van der Waals surface area contributed by atoms with Crippen molar-refractivity contribution in [3.8, 4) is 45.3 Å². The number of aryl methyl sites for hydroxylation is 2. The first-order valence-corrected chi connectivity index (χ1v) is 11.9. The molecule has 0 N–H and O–H groups in total. The fourth-order valence-corrected chi connectivity index (χ4v) is 4.13. The molecule has 5 rings (SSSR count). The first-order valence-electron chi connectivity index (χ1n) is 11.9. The largest absolute Gasteiger partial charge is 1.00 e. The highest BCUT2D eigenvalue weighted by Crippen LogP contribution is 2.33. The number of rotatable bonds is 8. The minimum Gasteiger partial charge on any atom is -1.00 e. The van der Waals surface area contributed by atoms with Crippen LogP contribution in [0.15, 0.2) is 110 Å². The quantitative estimate of drug-likeness (QED) is 0.203. The van der Waals surface area contributed by atoms with Crippen LogP contribution in [0, 0.1) is 0 Å². The zero-order chi connectivity index (χ0) is 24.7. The molecule has 0 spiro atoms. The van der Waals surface area contributed by atoms with Crippen molar-refractivity contribution in [1.29, 1.82) is 0 Å². The first kappa shape index (κ1) is 26.3. The van der Waals surface area contributed by atoms with Crippen LogP contribution in [-0.2, 0) is 13.0 Å². The van der Waals surface area contributed by atoms with E-state index in [-0.39, 0.29) is 24.0 Å². The summed E-state index contributed by atoms with van der Waals surface area (Å²) in [7, 11) is 3.34. The molecule has 37 heavy (non-hydrogen) atoms. The molecule has 0 unspecified atom stereocenters. The molecule has 0 amide bonds. The van der Waals surface area contributed by atoms with Crippen molar-refractivity contribution in [2.24, 2.45) is 0 Å². The molecule has 0 saturated carbocycles. The number of benzene rings is 3. The lowest BCUT2D eigenvalue weighted by Gasteiger charge is -2.12. The van der Waals surface area contributed by atoms with Gasteiger partial charge < -0.3 is 33.5 Å². The highest BCUT2D eigenvalue weighted by molar-refractivity contribution is 5.81. The third-order valence-corrected chi connectivity index (χ3v) is 6.20. The lowest BCUT2D eigenvalue weighted by molar-refractivity contribution is -0.696. The summed E-state index contributed by atoms with van der Waals surface area (Å²) >= 11 is 0. The van der Waals surface area contributed by atoms with Crippen LogP contribution in [0.4, 0.5) is 0 Å². The fourth-order valence-electron chi connectivity index (χ4n) is 4.13. The van der Waals surface area contributed by atoms with Gasteiger partial charge in [-0.05, 0) is 47.5 Å². The Labute approximate surface area is 234 Å². The van der Waals surface area contributed by atoms with Crippen LogP contribution in [0.3, 0.4) is 0 Å². The van der Waals surface area contributed by atoms with Gasteiger partial charge in [-0.3, -0.25) is 0 Å². The molecule has 0 fully saturated rings. The highest BCUT2D eigenvalue weighted by Gasteiger charge is 2.14. The average Bonchev–Trinajstić information content (AvgIpc) is 2.97. The summed E-state index contributed by atoms with van der Waals surface area (Å²) in [6.07, 6.45) is 7.07. The van der Waals surface area contributed by atoms with E-state index in [4.69, 9.17) is 19.4 Å². The summed E-state index contributed by atoms with van der Waals surface area (Å²) in [6.45, 7) is 0.915. The van der Waals surface area contributed by atoms with Crippen molar-refractivity contribution in [2.45, 2.75) is 13.0 Å². The molecule has 3 aromatic carbocycles. The summed E-state index contributed by atoms with van der Waals surface area (Å²) in [5, 5.41) is 0. The lowest BCUT2D eigenvalue weighted by Crippen LogP contribution is -3.00. The van der Waals surface area contributed by atoms with Crippen LogP contribution in [0.1, 0.15) is 5.56 Å². The Morgan fingerprint density at radius 3 is 1.86 bits per heavy atom. The van der Waals surface area contributed by atoms with Crippen molar-refractivity contribution in [3.05, 3.63) is 115 Å². The van der Waals surface area contributed by atoms with Gasteiger partial charge in [0, 0.05) is 41.4 Å². The van der Waals surface area contributed by atoms with E-state index in [1.165, 1.54) is 5.56 Å². The second-order valence-corrected chi connectivity index (χ2v) is 8.47. The molecule has 0 radical (unpaired) electrons. The van der Waals surface area contributed by atoms with Gasteiger partial charge in [-0.15, -0.1) is 0 Å². The van der Waals surface area contributed by atoms with Gasteiger partial charge in [-0.25, -0.2) is 14.5 Å². The number of methoxy groups -OCH3 is 2. The van der Waals surface area contributed by atoms with E-state index >= 15 is 0 Å². The second kappa shape index (κ2) is 12.5. The summed E-state index contributed by atoms with van der Waals surface area (Å²) in [6, 6.07) is 30.6. The van der Waals surface area contributed by atoms with Crippen molar-refractivity contribution in [2.75, 3.05) is 14.2 Å². The second-order valence-electron chi connectivity index (χ2n) is 8.47. The summed E-state index contributed by atoms with van der Waals surface area (Å²) in [5.74, 6) is 2.31. The monoisotopic (exact) mass is 601 g/mol. The molecular weight excluding hydrogens is 573 g/mol. The van der Waals surface area contributed by atoms with Crippen LogP contribution < -0.4 is 38.0 Å². The van der Waals surface area contributed by atoms with Crippen molar-refractivity contribution < 1.29 is 38.0 Å². The molecule has 5 nitrogen and oxygen atoms in total. The Hall–Kier alpha value is -3.78. The Morgan fingerprint density at radius 1 is 0.676 bits per heavy atom. The summed E-state index contributed by atoms with van der Waals surface area (Å²) in [5.41, 5.74) is 6.16. The Bertz CT molecular complexity index is 1420. The van der Waals surface area contributed by atoms with E-state index in [9.17, 15) is 0 Å². The number of nitrogens with zero attached hydrogens (tertiary/aromatic N) is 3. The van der Waals surface area contributed by atoms with Gasteiger partial charge in [0.2, 0.25) is 0 Å². The third-order valence-electron chi connectivity index (χ3n) is 6.20. The van der Waals surface area contributed by atoms with E-state index in [1.807, 2.05) is 60.8 Å². The maximum absolute atomic E-state index is 5.35. The fraction of sp³-hybridized carbons (Fsp3) is 0.129. The maximum Gasteiger partial charge on any atom is 0.169 e. The molecule has 2 aromatic heterocycles. The minimum atomic E-state index is 0. The van der Waals surface area contributed by atoms with Crippen molar-refractivity contribution in [1.82, 2.24) is 9.97 Å². The number of aromatic nitrogens is 3. The number of ether oxygens (including phenoxy) is 2. The average molecular weight is 601 g/mol. The Balaban J connectivity index is 0.00000320. The van der Waals surface area contributed by atoms with Crippen LogP contribution in [0.25, 0.3) is 33.8 Å². The molecule has 5 aromatic rings. The Kier molecular flexibility index (Phi) is 8.85. The van der Waals surface area contributed by atoms with Crippen LogP contribution >= 0.6 is 0 Å². The van der Waals surface area contributed by atoms with Gasteiger partial charge >= 0.3 is 0 Å². The van der Waals surface area contributed by atoms with E-state index < -0.39 is 0 Å². The molecule has 6 heteroatoms. The standard InChI is InChI=1S/C31H28N3O2.HI/c1-35-27-12-8-24(9-13-27)29-22-32-31(33-30(29)25-10-14-28(36-2)15-11-25)26-17-20-34(21-18-26)19-16-23-6-4-3-5-7-23;/h3-15,17-18,20-22H,16,19H2,1-2H3;1H/q+1;/p-1. The van der Waals surface area contributed by atoms with E-state index in [0.717, 1.165) is 52.4 Å². The van der Waals surface area contributed by atoms with Gasteiger partial charge in [-0.1, -0.05) is 42.5 Å². The molecule has 2 heterocycles. The predicted molar refractivity (Wildman–Crippen MR) is 142 cm³/mol. The maximum atomic E-state index is 5.35. The number of pyridine rings is 1. The third kappa shape index (κ3) is 6.32. The number of hydrogen-bond acceptors (Lipinski definition) is 4.